The van der Waals surface area contributed by atoms with E-state index in [2.05, 4.69) is 10.6 Å². The Bertz CT molecular complexity index is 191. The van der Waals surface area contributed by atoms with E-state index in [9.17, 15) is 26.3 Å². The van der Waals surface area contributed by atoms with E-state index in [1.807, 2.05) is 0 Å². The summed E-state index contributed by atoms with van der Waals surface area (Å²) in [6, 6.07) is -1.64. The number of piperazine rings is 1. The second-order valence-corrected chi connectivity index (χ2v) is 3.33. The molecule has 1 heterocycles. The van der Waals surface area contributed by atoms with E-state index in [-0.39, 0.29) is 13.1 Å². The van der Waals surface area contributed by atoms with E-state index in [1.54, 1.807) is 0 Å². The van der Waals surface area contributed by atoms with Crippen LogP contribution < -0.4 is 10.6 Å². The zero-order valence-electron chi connectivity index (χ0n) is 7.54. The van der Waals surface area contributed by atoms with E-state index in [4.69, 9.17) is 0 Å². The van der Waals surface area contributed by atoms with Gasteiger partial charge >= 0.3 is 12.4 Å². The molecule has 1 rings (SSSR count). The summed E-state index contributed by atoms with van der Waals surface area (Å²) in [7, 11) is 0. The van der Waals surface area contributed by atoms with Crippen molar-refractivity contribution in [2.75, 3.05) is 19.6 Å². The number of hydrogen-bond acceptors (Lipinski definition) is 2. The average Bonchev–Trinajstić information content (AvgIpc) is 2.00. The quantitative estimate of drug-likeness (QED) is 0.670. The summed E-state index contributed by atoms with van der Waals surface area (Å²) in [6.07, 6.45) is -10.5. The Morgan fingerprint density at radius 3 is 1.80 bits per heavy atom. The minimum atomic E-state index is -5.27. The van der Waals surface area contributed by atoms with Crippen LogP contribution in [0.1, 0.15) is 0 Å². The van der Waals surface area contributed by atoms with Crippen molar-refractivity contribution >= 4 is 0 Å². The molecule has 1 saturated heterocycles. The van der Waals surface area contributed by atoms with Crippen LogP contribution in [-0.2, 0) is 0 Å². The molecule has 1 fully saturated rings. The van der Waals surface area contributed by atoms with Crippen molar-refractivity contribution in [1.82, 2.24) is 10.6 Å². The highest BCUT2D eigenvalue weighted by Gasteiger charge is 2.60. The molecule has 0 amide bonds. The van der Waals surface area contributed by atoms with Crippen molar-refractivity contribution in [3.63, 3.8) is 0 Å². The van der Waals surface area contributed by atoms with Crippen LogP contribution in [0.4, 0.5) is 26.3 Å². The maximum atomic E-state index is 12.2. The molecule has 15 heavy (non-hydrogen) atoms. The largest absolute Gasteiger partial charge is 0.402 e. The minimum Gasteiger partial charge on any atom is -0.314 e. The zero-order valence-corrected chi connectivity index (χ0v) is 7.54. The lowest BCUT2D eigenvalue weighted by Gasteiger charge is -2.34. The van der Waals surface area contributed by atoms with Gasteiger partial charge in [-0.2, -0.15) is 26.3 Å². The van der Waals surface area contributed by atoms with Crippen LogP contribution in [0.3, 0.4) is 0 Å². The highest BCUT2D eigenvalue weighted by atomic mass is 19.4. The fourth-order valence-electron chi connectivity index (χ4n) is 1.55. The van der Waals surface area contributed by atoms with Crippen LogP contribution >= 0.6 is 0 Å². The SMILES string of the molecule is FC(F)(F)C(C1CNCCN1)C(F)(F)F. The molecule has 1 aliphatic heterocycles. The summed E-state index contributed by atoms with van der Waals surface area (Å²) in [4.78, 5) is 0. The number of rotatable bonds is 1. The lowest BCUT2D eigenvalue weighted by molar-refractivity contribution is -0.291. The Labute approximate surface area is 82.0 Å². The van der Waals surface area contributed by atoms with E-state index >= 15 is 0 Å². The van der Waals surface area contributed by atoms with Crippen molar-refractivity contribution in [3.8, 4) is 0 Å². The third-order valence-electron chi connectivity index (χ3n) is 2.18. The standard InChI is InChI=1S/C7H10F6N2/c8-6(9,10)5(7(11,12)13)4-3-14-1-2-15-4/h4-5,14-15H,1-3H2. The highest BCUT2D eigenvalue weighted by Crippen LogP contribution is 2.41. The Balaban J connectivity index is 2.80. The predicted octanol–water partition coefficient (Wildman–Crippen LogP) is 1.29. The molecule has 0 radical (unpaired) electrons. The van der Waals surface area contributed by atoms with E-state index in [1.165, 1.54) is 0 Å². The van der Waals surface area contributed by atoms with Crippen LogP contribution in [0.2, 0.25) is 0 Å². The van der Waals surface area contributed by atoms with Crippen LogP contribution in [0.25, 0.3) is 0 Å². The molecule has 8 heteroatoms. The summed E-state index contributed by atoms with van der Waals surface area (Å²) < 4.78 is 73.3. The summed E-state index contributed by atoms with van der Waals surface area (Å²) >= 11 is 0. The number of nitrogens with one attached hydrogen (secondary N) is 2. The van der Waals surface area contributed by atoms with Crippen LogP contribution in [0.15, 0.2) is 0 Å². The molecule has 0 aliphatic carbocycles. The minimum absolute atomic E-state index is 0.104. The second kappa shape index (κ2) is 4.17. The zero-order chi connectivity index (χ0) is 11.7. The maximum Gasteiger partial charge on any atom is 0.402 e. The third-order valence-corrected chi connectivity index (χ3v) is 2.18. The van der Waals surface area contributed by atoms with Gasteiger partial charge < -0.3 is 10.6 Å². The van der Waals surface area contributed by atoms with Crippen LogP contribution in [-0.4, -0.2) is 38.0 Å². The Morgan fingerprint density at radius 1 is 0.933 bits per heavy atom. The molecule has 1 unspecified atom stereocenters. The molecule has 0 bridgehead atoms. The first-order chi connectivity index (χ1) is 6.73. The normalized spacial score (nSPS) is 24.6. The van der Waals surface area contributed by atoms with Crippen molar-refractivity contribution in [3.05, 3.63) is 0 Å². The van der Waals surface area contributed by atoms with Gasteiger partial charge in [-0.3, -0.25) is 0 Å². The first-order valence-electron chi connectivity index (χ1n) is 4.30. The first-order valence-corrected chi connectivity index (χ1v) is 4.30. The van der Waals surface area contributed by atoms with Crippen molar-refractivity contribution in [1.29, 1.82) is 0 Å². The number of halogens is 6. The smallest absolute Gasteiger partial charge is 0.314 e. The number of alkyl halides is 6. The molecule has 0 aromatic rings. The molecule has 0 aromatic carbocycles. The van der Waals surface area contributed by atoms with E-state index in [0.717, 1.165) is 0 Å². The van der Waals surface area contributed by atoms with Gasteiger partial charge in [-0.25, -0.2) is 0 Å². The maximum absolute atomic E-state index is 12.2. The fourth-order valence-corrected chi connectivity index (χ4v) is 1.55. The van der Waals surface area contributed by atoms with Gasteiger partial charge in [-0.15, -0.1) is 0 Å². The monoisotopic (exact) mass is 236 g/mol. The molecule has 0 spiro atoms. The summed E-state index contributed by atoms with van der Waals surface area (Å²) in [6.45, 7) is 0.149. The van der Waals surface area contributed by atoms with E-state index in [0.29, 0.717) is 6.54 Å². The topological polar surface area (TPSA) is 24.1 Å². The van der Waals surface area contributed by atoms with Crippen LogP contribution in [0.5, 0.6) is 0 Å². The molecular weight excluding hydrogens is 226 g/mol. The molecule has 0 aromatic heterocycles. The average molecular weight is 236 g/mol. The van der Waals surface area contributed by atoms with Gasteiger partial charge in [0.15, 0.2) is 5.92 Å². The molecular formula is C7H10F6N2. The predicted molar refractivity (Wildman–Crippen MR) is 40.3 cm³/mol. The Hall–Kier alpha value is -0.500. The number of hydrogen-bond donors (Lipinski definition) is 2. The van der Waals surface area contributed by atoms with Gasteiger partial charge in [0.25, 0.3) is 0 Å². The van der Waals surface area contributed by atoms with Gasteiger partial charge in [-0.05, 0) is 0 Å². The summed E-state index contributed by atoms with van der Waals surface area (Å²) in [5.41, 5.74) is 0. The van der Waals surface area contributed by atoms with Gasteiger partial charge in [0.1, 0.15) is 0 Å². The first kappa shape index (κ1) is 12.6. The van der Waals surface area contributed by atoms with Crippen molar-refractivity contribution < 1.29 is 26.3 Å². The molecule has 0 saturated carbocycles. The fraction of sp³-hybridized carbons (Fsp3) is 1.00. The molecule has 1 atom stereocenters. The Kier molecular flexibility index (Phi) is 3.49. The summed E-state index contributed by atoms with van der Waals surface area (Å²) in [5, 5.41) is 4.73. The van der Waals surface area contributed by atoms with Crippen molar-refractivity contribution in [2.45, 2.75) is 18.4 Å². The van der Waals surface area contributed by atoms with Gasteiger partial charge in [-0.1, -0.05) is 0 Å². The molecule has 2 nitrogen and oxygen atoms in total. The van der Waals surface area contributed by atoms with Gasteiger partial charge in [0.2, 0.25) is 0 Å². The van der Waals surface area contributed by atoms with Gasteiger partial charge in [0.05, 0.1) is 0 Å². The van der Waals surface area contributed by atoms with Crippen LogP contribution in [0, 0.1) is 5.92 Å². The third kappa shape index (κ3) is 3.23. The van der Waals surface area contributed by atoms with E-state index < -0.39 is 24.3 Å². The Morgan fingerprint density at radius 2 is 1.47 bits per heavy atom. The lowest BCUT2D eigenvalue weighted by atomic mass is 9.97. The highest BCUT2D eigenvalue weighted by molar-refractivity contribution is 4.90. The van der Waals surface area contributed by atoms with Crippen molar-refractivity contribution in [2.24, 2.45) is 5.92 Å². The molecule has 1 aliphatic rings. The molecule has 90 valence electrons. The second-order valence-electron chi connectivity index (χ2n) is 3.33. The van der Waals surface area contributed by atoms with Gasteiger partial charge in [0, 0.05) is 25.7 Å². The lowest BCUT2D eigenvalue weighted by Crippen LogP contribution is -2.59. The summed E-state index contributed by atoms with van der Waals surface area (Å²) in [5.74, 6) is -3.31. The molecule has 2 N–H and O–H groups in total.